The maximum Gasteiger partial charge on any atom is 0.417 e. The van der Waals surface area contributed by atoms with Gasteiger partial charge in [0.15, 0.2) is 6.61 Å². The van der Waals surface area contributed by atoms with Crippen molar-refractivity contribution >= 4 is 17.9 Å². The van der Waals surface area contributed by atoms with Gasteiger partial charge in [-0.15, -0.1) is 0 Å². The number of ether oxygens (including phenoxy) is 1. The number of rotatable bonds is 2. The SMILES string of the molecule is O=C(c1ccccc1F)N1CC[C@@H](N2C(=O)COC2=O)C1. The molecule has 0 unspecified atom stereocenters. The standard InChI is InChI=1S/C14H13FN2O4/c15-11-4-2-1-3-10(11)13(19)16-6-5-9(7-16)17-12(18)8-21-14(17)20/h1-4,9H,5-8H2/t9-/m1/s1. The van der Waals surface area contributed by atoms with Crippen LogP contribution in [0.15, 0.2) is 24.3 Å². The monoisotopic (exact) mass is 292 g/mol. The van der Waals surface area contributed by atoms with Crippen molar-refractivity contribution in [3.63, 3.8) is 0 Å². The van der Waals surface area contributed by atoms with Gasteiger partial charge >= 0.3 is 6.09 Å². The summed E-state index contributed by atoms with van der Waals surface area (Å²) in [6, 6.07) is 5.34. The summed E-state index contributed by atoms with van der Waals surface area (Å²) in [5.41, 5.74) is -0.00604. The fourth-order valence-electron chi connectivity index (χ4n) is 2.66. The second-order valence-electron chi connectivity index (χ2n) is 4.99. The summed E-state index contributed by atoms with van der Waals surface area (Å²) in [5, 5.41) is 0. The van der Waals surface area contributed by atoms with Crippen LogP contribution in [0.5, 0.6) is 0 Å². The number of likely N-dealkylation sites (tertiary alicyclic amines) is 1. The maximum atomic E-state index is 13.6. The van der Waals surface area contributed by atoms with E-state index in [0.29, 0.717) is 13.0 Å². The summed E-state index contributed by atoms with van der Waals surface area (Å²) in [4.78, 5) is 37.8. The van der Waals surface area contributed by atoms with Gasteiger partial charge in [-0.25, -0.2) is 14.1 Å². The van der Waals surface area contributed by atoms with Crippen LogP contribution >= 0.6 is 0 Å². The fourth-order valence-corrected chi connectivity index (χ4v) is 2.66. The molecular weight excluding hydrogens is 279 g/mol. The number of hydrogen-bond donors (Lipinski definition) is 0. The van der Waals surface area contributed by atoms with Crippen molar-refractivity contribution in [3.8, 4) is 0 Å². The predicted molar refractivity (Wildman–Crippen MR) is 68.9 cm³/mol. The molecule has 2 saturated heterocycles. The molecule has 3 rings (SSSR count). The number of benzene rings is 1. The van der Waals surface area contributed by atoms with E-state index >= 15 is 0 Å². The lowest BCUT2D eigenvalue weighted by molar-refractivity contribution is -0.127. The van der Waals surface area contributed by atoms with Crippen molar-refractivity contribution in [1.82, 2.24) is 9.80 Å². The summed E-state index contributed by atoms with van der Waals surface area (Å²) in [7, 11) is 0. The third-order valence-corrected chi connectivity index (χ3v) is 3.70. The molecule has 0 aliphatic carbocycles. The molecule has 0 radical (unpaired) electrons. The van der Waals surface area contributed by atoms with Crippen LogP contribution in [-0.4, -0.2) is 53.4 Å². The molecule has 2 fully saturated rings. The number of amides is 3. The summed E-state index contributed by atoms with van der Waals surface area (Å²) in [5.74, 6) is -1.41. The minimum Gasteiger partial charge on any atom is -0.439 e. The first kappa shape index (κ1) is 13.5. The van der Waals surface area contributed by atoms with E-state index in [-0.39, 0.29) is 18.7 Å². The second-order valence-corrected chi connectivity index (χ2v) is 4.99. The summed E-state index contributed by atoms with van der Waals surface area (Å²) < 4.78 is 18.3. The molecule has 2 aliphatic rings. The van der Waals surface area contributed by atoms with E-state index in [2.05, 4.69) is 4.74 Å². The lowest BCUT2D eigenvalue weighted by Crippen LogP contribution is -2.42. The molecule has 7 heteroatoms. The van der Waals surface area contributed by atoms with Crippen molar-refractivity contribution in [2.45, 2.75) is 12.5 Å². The van der Waals surface area contributed by atoms with Crippen LogP contribution in [0.4, 0.5) is 9.18 Å². The zero-order chi connectivity index (χ0) is 15.0. The van der Waals surface area contributed by atoms with Crippen LogP contribution < -0.4 is 0 Å². The molecule has 1 aromatic carbocycles. The van der Waals surface area contributed by atoms with Gasteiger partial charge < -0.3 is 9.64 Å². The topological polar surface area (TPSA) is 66.9 Å². The van der Waals surface area contributed by atoms with Gasteiger partial charge in [0.1, 0.15) is 5.82 Å². The van der Waals surface area contributed by atoms with E-state index in [1.807, 2.05) is 0 Å². The Morgan fingerprint density at radius 2 is 2.05 bits per heavy atom. The normalized spacial score (nSPS) is 21.9. The maximum absolute atomic E-state index is 13.6. The fraction of sp³-hybridized carbons (Fsp3) is 0.357. The van der Waals surface area contributed by atoms with Gasteiger partial charge in [0.25, 0.3) is 11.8 Å². The van der Waals surface area contributed by atoms with Gasteiger partial charge in [0, 0.05) is 13.1 Å². The van der Waals surface area contributed by atoms with Gasteiger partial charge in [-0.1, -0.05) is 12.1 Å². The van der Waals surface area contributed by atoms with E-state index in [9.17, 15) is 18.8 Å². The number of cyclic esters (lactones) is 1. The average molecular weight is 292 g/mol. The molecular formula is C14H13FN2O4. The van der Waals surface area contributed by atoms with Crippen molar-refractivity contribution in [3.05, 3.63) is 35.6 Å². The molecule has 0 spiro atoms. The van der Waals surface area contributed by atoms with Crippen LogP contribution in [0, 0.1) is 5.82 Å². The molecule has 0 aromatic heterocycles. The number of imide groups is 1. The Morgan fingerprint density at radius 1 is 1.29 bits per heavy atom. The highest BCUT2D eigenvalue weighted by Crippen LogP contribution is 2.22. The van der Waals surface area contributed by atoms with Crippen LogP contribution in [0.1, 0.15) is 16.8 Å². The minimum absolute atomic E-state index is 0.00604. The third kappa shape index (κ3) is 2.35. The quantitative estimate of drug-likeness (QED) is 0.816. The zero-order valence-electron chi connectivity index (χ0n) is 11.1. The first-order chi connectivity index (χ1) is 10.1. The highest BCUT2D eigenvalue weighted by molar-refractivity contribution is 5.98. The molecule has 3 amide bonds. The first-order valence-corrected chi connectivity index (χ1v) is 6.60. The van der Waals surface area contributed by atoms with E-state index in [1.165, 1.54) is 23.1 Å². The Labute approximate surface area is 120 Å². The first-order valence-electron chi connectivity index (χ1n) is 6.60. The molecule has 0 saturated carbocycles. The van der Waals surface area contributed by atoms with Crippen LogP contribution in [0.25, 0.3) is 0 Å². The van der Waals surface area contributed by atoms with E-state index in [4.69, 9.17) is 0 Å². The number of hydrogen-bond acceptors (Lipinski definition) is 4. The molecule has 6 nitrogen and oxygen atoms in total. The van der Waals surface area contributed by atoms with Gasteiger partial charge in [0.2, 0.25) is 0 Å². The van der Waals surface area contributed by atoms with Crippen LogP contribution in [-0.2, 0) is 9.53 Å². The lowest BCUT2D eigenvalue weighted by atomic mass is 10.2. The molecule has 21 heavy (non-hydrogen) atoms. The molecule has 1 atom stereocenters. The minimum atomic E-state index is -0.676. The highest BCUT2D eigenvalue weighted by Gasteiger charge is 2.41. The highest BCUT2D eigenvalue weighted by atomic mass is 19.1. The van der Waals surface area contributed by atoms with Crippen molar-refractivity contribution in [1.29, 1.82) is 0 Å². The van der Waals surface area contributed by atoms with Crippen molar-refractivity contribution < 1.29 is 23.5 Å². The van der Waals surface area contributed by atoms with E-state index in [0.717, 1.165) is 4.90 Å². The Kier molecular flexibility index (Phi) is 3.32. The van der Waals surface area contributed by atoms with Gasteiger partial charge in [-0.2, -0.15) is 0 Å². The molecule has 2 heterocycles. The Bertz CT molecular complexity index is 603. The van der Waals surface area contributed by atoms with Crippen LogP contribution in [0.3, 0.4) is 0 Å². The summed E-state index contributed by atoms with van der Waals surface area (Å²) in [6.45, 7) is 0.319. The Balaban J connectivity index is 1.73. The van der Waals surface area contributed by atoms with Gasteiger partial charge in [-0.3, -0.25) is 9.59 Å². The number of carbonyl (C=O) groups excluding carboxylic acids is 3. The molecule has 110 valence electrons. The summed E-state index contributed by atoms with van der Waals surface area (Å²) >= 11 is 0. The largest absolute Gasteiger partial charge is 0.439 e. The average Bonchev–Trinajstić information content (AvgIpc) is 3.06. The Hall–Kier alpha value is -2.44. The molecule has 1 aromatic rings. The molecule has 2 aliphatic heterocycles. The summed E-state index contributed by atoms with van der Waals surface area (Å²) in [6.07, 6.45) is -0.203. The number of nitrogens with zero attached hydrogens (tertiary/aromatic N) is 2. The van der Waals surface area contributed by atoms with E-state index < -0.39 is 29.8 Å². The van der Waals surface area contributed by atoms with Crippen molar-refractivity contribution in [2.24, 2.45) is 0 Å². The smallest absolute Gasteiger partial charge is 0.417 e. The van der Waals surface area contributed by atoms with Gasteiger partial charge in [0.05, 0.1) is 11.6 Å². The van der Waals surface area contributed by atoms with Crippen LogP contribution in [0.2, 0.25) is 0 Å². The number of carbonyl (C=O) groups is 3. The molecule has 0 N–H and O–H groups in total. The zero-order valence-corrected chi connectivity index (χ0v) is 11.1. The van der Waals surface area contributed by atoms with Gasteiger partial charge in [-0.05, 0) is 18.6 Å². The third-order valence-electron chi connectivity index (χ3n) is 3.70. The lowest BCUT2D eigenvalue weighted by Gasteiger charge is -2.20. The molecule has 0 bridgehead atoms. The van der Waals surface area contributed by atoms with Crippen molar-refractivity contribution in [2.75, 3.05) is 19.7 Å². The van der Waals surface area contributed by atoms with E-state index in [1.54, 1.807) is 6.07 Å². The number of halogens is 1. The predicted octanol–water partition coefficient (Wildman–Crippen LogP) is 1.02. The second kappa shape index (κ2) is 5.16. The Morgan fingerprint density at radius 3 is 2.71 bits per heavy atom.